The predicted molar refractivity (Wildman–Crippen MR) is 80.8 cm³/mol. The first kappa shape index (κ1) is 16.1. The number of ether oxygens (including phenoxy) is 1. The van der Waals surface area contributed by atoms with E-state index in [1.54, 1.807) is 18.8 Å². The van der Waals surface area contributed by atoms with Gasteiger partial charge in [-0.25, -0.2) is 4.79 Å². The Hall–Kier alpha value is -0.910. The van der Waals surface area contributed by atoms with Crippen LogP contribution >= 0.6 is 11.8 Å². The number of nitrogens with one attached hydrogen (secondary N) is 1. The molecule has 1 atom stereocenters. The quantitative estimate of drug-likeness (QED) is 0.594. The van der Waals surface area contributed by atoms with Gasteiger partial charge in [-0.1, -0.05) is 11.8 Å². The van der Waals surface area contributed by atoms with Crippen molar-refractivity contribution in [3.8, 4) is 0 Å². The van der Waals surface area contributed by atoms with E-state index in [9.17, 15) is 4.79 Å². The summed E-state index contributed by atoms with van der Waals surface area (Å²) < 4.78 is 5.28. The van der Waals surface area contributed by atoms with E-state index in [1.807, 2.05) is 27.0 Å². The second-order valence-electron chi connectivity index (χ2n) is 5.64. The van der Waals surface area contributed by atoms with Gasteiger partial charge < -0.3 is 15.0 Å². The van der Waals surface area contributed by atoms with Crippen LogP contribution in [0.4, 0.5) is 4.79 Å². The molecule has 19 heavy (non-hydrogen) atoms. The highest BCUT2D eigenvalue weighted by molar-refractivity contribution is 8.13. The number of hydrogen-bond donors (Lipinski definition) is 1. The number of amidine groups is 1. The van der Waals surface area contributed by atoms with Crippen molar-refractivity contribution in [2.45, 2.75) is 45.3 Å². The first-order chi connectivity index (χ1) is 8.85. The van der Waals surface area contributed by atoms with Crippen molar-refractivity contribution in [2.75, 3.05) is 26.4 Å². The number of alkyl carbamates (subject to hydrolysis) is 1. The highest BCUT2D eigenvalue weighted by Crippen LogP contribution is 2.15. The van der Waals surface area contributed by atoms with E-state index < -0.39 is 5.60 Å². The molecule has 0 aromatic heterocycles. The standard InChI is InChI=1S/C13H25N3O2S/c1-13(2,3)18-12(17)15-10-7-6-8-16(9-10)11(14-4)19-5/h10H,6-9H2,1-5H3,(H,15,17)/b14-11-/t10-/m1/s1. The van der Waals surface area contributed by atoms with E-state index >= 15 is 0 Å². The van der Waals surface area contributed by atoms with Gasteiger partial charge in [-0.15, -0.1) is 0 Å². The molecule has 1 aliphatic rings. The van der Waals surface area contributed by atoms with Gasteiger partial charge in [-0.3, -0.25) is 4.99 Å². The molecular formula is C13H25N3O2S. The second-order valence-corrected chi connectivity index (χ2v) is 6.42. The molecule has 1 saturated heterocycles. The lowest BCUT2D eigenvalue weighted by Gasteiger charge is -2.34. The van der Waals surface area contributed by atoms with E-state index in [1.165, 1.54) is 0 Å². The fourth-order valence-corrected chi connectivity index (χ4v) is 2.71. The molecule has 1 rings (SSSR count). The summed E-state index contributed by atoms with van der Waals surface area (Å²) in [6.07, 6.45) is 3.73. The monoisotopic (exact) mass is 287 g/mol. The van der Waals surface area contributed by atoms with Crippen molar-refractivity contribution in [1.29, 1.82) is 0 Å². The number of nitrogens with zero attached hydrogens (tertiary/aromatic N) is 2. The Bertz CT molecular complexity index is 339. The number of carbonyl (C=O) groups excluding carboxylic acids is 1. The number of thioether (sulfide) groups is 1. The van der Waals surface area contributed by atoms with Crippen LogP contribution in [0.3, 0.4) is 0 Å². The summed E-state index contributed by atoms with van der Waals surface area (Å²) in [6, 6.07) is 0.132. The molecule has 0 aliphatic carbocycles. The smallest absolute Gasteiger partial charge is 0.407 e. The van der Waals surface area contributed by atoms with Crippen molar-refractivity contribution < 1.29 is 9.53 Å². The summed E-state index contributed by atoms with van der Waals surface area (Å²) in [7, 11) is 1.80. The van der Waals surface area contributed by atoms with E-state index in [2.05, 4.69) is 15.2 Å². The lowest BCUT2D eigenvalue weighted by atomic mass is 10.1. The Kier molecular flexibility index (Phi) is 5.97. The minimum atomic E-state index is -0.451. The molecule has 5 nitrogen and oxygen atoms in total. The molecule has 6 heteroatoms. The number of amides is 1. The van der Waals surface area contributed by atoms with Gasteiger partial charge in [0.25, 0.3) is 0 Å². The molecule has 1 amide bonds. The van der Waals surface area contributed by atoms with Crippen LogP contribution in [-0.4, -0.2) is 54.2 Å². The Balaban J connectivity index is 2.49. The Morgan fingerprint density at radius 2 is 2.16 bits per heavy atom. The zero-order chi connectivity index (χ0) is 14.5. The summed E-state index contributed by atoms with van der Waals surface area (Å²) >= 11 is 1.64. The van der Waals surface area contributed by atoms with Gasteiger partial charge in [0.1, 0.15) is 5.60 Å². The normalized spacial score (nSPS) is 21.2. The molecule has 0 saturated carbocycles. The molecule has 0 aromatic rings. The maximum Gasteiger partial charge on any atom is 0.407 e. The Morgan fingerprint density at radius 1 is 1.47 bits per heavy atom. The van der Waals surface area contributed by atoms with Crippen LogP contribution in [0.15, 0.2) is 4.99 Å². The minimum absolute atomic E-state index is 0.132. The molecule has 0 radical (unpaired) electrons. The van der Waals surface area contributed by atoms with Crippen LogP contribution in [0.5, 0.6) is 0 Å². The van der Waals surface area contributed by atoms with E-state index in [0.29, 0.717) is 0 Å². The van der Waals surface area contributed by atoms with Crippen molar-refractivity contribution >= 4 is 23.0 Å². The number of rotatable bonds is 1. The topological polar surface area (TPSA) is 53.9 Å². The first-order valence-corrected chi connectivity index (χ1v) is 7.83. The summed E-state index contributed by atoms with van der Waals surface area (Å²) in [4.78, 5) is 18.2. The zero-order valence-electron chi connectivity index (χ0n) is 12.5. The van der Waals surface area contributed by atoms with E-state index in [0.717, 1.165) is 31.1 Å². The molecular weight excluding hydrogens is 262 g/mol. The maximum atomic E-state index is 11.8. The summed E-state index contributed by atoms with van der Waals surface area (Å²) in [5.41, 5.74) is -0.451. The minimum Gasteiger partial charge on any atom is -0.444 e. The average molecular weight is 287 g/mol. The van der Waals surface area contributed by atoms with Crippen LogP contribution in [0.2, 0.25) is 0 Å². The zero-order valence-corrected chi connectivity index (χ0v) is 13.3. The maximum absolute atomic E-state index is 11.8. The van der Waals surface area contributed by atoms with Gasteiger partial charge in [-0.05, 0) is 39.9 Å². The van der Waals surface area contributed by atoms with Gasteiger partial charge in [-0.2, -0.15) is 0 Å². The van der Waals surface area contributed by atoms with Crippen molar-refractivity contribution in [3.63, 3.8) is 0 Å². The molecule has 1 aliphatic heterocycles. The molecule has 0 bridgehead atoms. The molecule has 1 fully saturated rings. The molecule has 0 unspecified atom stereocenters. The van der Waals surface area contributed by atoms with Gasteiger partial charge in [0.05, 0.1) is 0 Å². The molecule has 1 N–H and O–H groups in total. The van der Waals surface area contributed by atoms with Gasteiger partial charge in [0.15, 0.2) is 5.17 Å². The Labute approximate surface area is 120 Å². The number of likely N-dealkylation sites (tertiary alicyclic amines) is 1. The lowest BCUT2D eigenvalue weighted by Crippen LogP contribution is -2.50. The first-order valence-electron chi connectivity index (χ1n) is 6.61. The summed E-state index contributed by atoms with van der Waals surface area (Å²) in [6.45, 7) is 7.41. The lowest BCUT2D eigenvalue weighted by molar-refractivity contribution is 0.0486. The van der Waals surface area contributed by atoms with Crippen LogP contribution < -0.4 is 5.32 Å². The summed E-state index contributed by atoms with van der Waals surface area (Å²) in [5.74, 6) is 0. The molecule has 0 aromatic carbocycles. The van der Waals surface area contributed by atoms with Gasteiger partial charge >= 0.3 is 6.09 Å². The molecule has 1 heterocycles. The third-order valence-corrected chi connectivity index (χ3v) is 3.59. The Morgan fingerprint density at radius 3 is 2.68 bits per heavy atom. The average Bonchev–Trinajstić information content (AvgIpc) is 2.28. The fraction of sp³-hybridized carbons (Fsp3) is 0.846. The SMILES string of the molecule is C/N=C(\SC)N1CCC[C@@H](NC(=O)OC(C)(C)C)C1. The predicted octanol–water partition coefficient (Wildman–Crippen LogP) is 2.32. The van der Waals surface area contributed by atoms with Crippen LogP contribution in [-0.2, 0) is 4.74 Å². The number of aliphatic imine (C=N–C) groups is 1. The molecule has 0 spiro atoms. The van der Waals surface area contributed by atoms with Crippen molar-refractivity contribution in [2.24, 2.45) is 4.99 Å². The number of piperidine rings is 1. The third-order valence-electron chi connectivity index (χ3n) is 2.79. The third kappa shape index (κ3) is 5.72. The fourth-order valence-electron chi connectivity index (χ4n) is 2.10. The molecule has 110 valence electrons. The second kappa shape index (κ2) is 7.03. The number of carbonyl (C=O) groups is 1. The van der Waals surface area contributed by atoms with Gasteiger partial charge in [0.2, 0.25) is 0 Å². The highest BCUT2D eigenvalue weighted by atomic mass is 32.2. The van der Waals surface area contributed by atoms with Crippen molar-refractivity contribution in [1.82, 2.24) is 10.2 Å². The van der Waals surface area contributed by atoms with E-state index in [-0.39, 0.29) is 12.1 Å². The largest absolute Gasteiger partial charge is 0.444 e. The van der Waals surface area contributed by atoms with Crippen molar-refractivity contribution in [3.05, 3.63) is 0 Å². The van der Waals surface area contributed by atoms with Crippen LogP contribution in [0.25, 0.3) is 0 Å². The highest BCUT2D eigenvalue weighted by Gasteiger charge is 2.25. The van der Waals surface area contributed by atoms with Crippen LogP contribution in [0, 0.1) is 0 Å². The summed E-state index contributed by atoms with van der Waals surface area (Å²) in [5, 5.41) is 3.97. The van der Waals surface area contributed by atoms with E-state index in [4.69, 9.17) is 4.74 Å². The number of hydrogen-bond acceptors (Lipinski definition) is 4. The van der Waals surface area contributed by atoms with Crippen LogP contribution in [0.1, 0.15) is 33.6 Å². The van der Waals surface area contributed by atoms with Gasteiger partial charge in [0, 0.05) is 26.2 Å².